The fourth-order valence-corrected chi connectivity index (χ4v) is 4.48. The molecule has 0 spiro atoms. The van der Waals surface area contributed by atoms with E-state index in [1.165, 1.54) is 6.42 Å². The number of ether oxygens (including phenoxy) is 1. The van der Waals surface area contributed by atoms with Gasteiger partial charge in [0.15, 0.2) is 0 Å². The van der Waals surface area contributed by atoms with E-state index in [1.807, 2.05) is 25.3 Å². The van der Waals surface area contributed by atoms with E-state index in [-0.39, 0.29) is 23.1 Å². The second-order valence-electron chi connectivity index (χ2n) is 9.98. The number of carbonyl (C=O) groups is 2. The lowest BCUT2D eigenvalue weighted by molar-refractivity contribution is 0.0592. The van der Waals surface area contributed by atoms with Gasteiger partial charge in [0, 0.05) is 63.8 Å². The Hall–Kier alpha value is -2.19. The van der Waals surface area contributed by atoms with Crippen LogP contribution in [-0.4, -0.2) is 78.2 Å². The van der Waals surface area contributed by atoms with E-state index in [0.717, 1.165) is 45.3 Å². The summed E-state index contributed by atoms with van der Waals surface area (Å²) in [6, 6.07) is 0.211. The molecule has 0 unspecified atom stereocenters. The Bertz CT molecular complexity index is 860. The zero-order chi connectivity index (χ0) is 23.3. The zero-order valence-corrected chi connectivity index (χ0v) is 20.0. The van der Waals surface area contributed by atoms with Gasteiger partial charge in [0.05, 0.1) is 6.61 Å². The molecule has 1 aliphatic carbocycles. The molecule has 0 radical (unpaired) electrons. The molecule has 0 aromatic carbocycles. The number of piperazine rings is 1. The largest absolute Gasteiger partial charge is 0.383 e. The lowest BCUT2D eigenvalue weighted by Gasteiger charge is -2.34. The first-order valence-corrected chi connectivity index (χ1v) is 11.8. The van der Waals surface area contributed by atoms with Crippen molar-refractivity contribution in [3.05, 3.63) is 33.7 Å². The highest BCUT2D eigenvalue weighted by molar-refractivity contribution is 5.99. The summed E-state index contributed by atoms with van der Waals surface area (Å²) in [6.07, 6.45) is 8.77. The Morgan fingerprint density at radius 2 is 1.66 bits per heavy atom. The highest BCUT2D eigenvalue weighted by Gasteiger charge is 2.28. The van der Waals surface area contributed by atoms with Crippen molar-refractivity contribution in [3.63, 3.8) is 0 Å². The van der Waals surface area contributed by atoms with Crippen LogP contribution in [0.5, 0.6) is 0 Å². The number of nitrogens with one attached hydrogen (secondary N) is 1. The molecular weight excluding hydrogens is 408 g/mol. The molecule has 178 valence electrons. The average molecular weight is 447 g/mol. The molecule has 1 aliphatic heterocycles. The standard InChI is InChI=1S/C24H38N4O4/c1-24(2,3)25-22(30)19-16-28(18-8-6-5-7-9-18)17-20(21(19)29)23(31)27-12-10-26(11-13-27)14-15-32-4/h16-18H,5-15H2,1-4H3,(H,25,30). The van der Waals surface area contributed by atoms with Crippen molar-refractivity contribution in [3.8, 4) is 0 Å². The molecule has 3 rings (SSSR count). The number of carbonyl (C=O) groups excluding carboxylic acids is 2. The smallest absolute Gasteiger partial charge is 0.259 e. The molecule has 2 aliphatic rings. The van der Waals surface area contributed by atoms with Gasteiger partial charge >= 0.3 is 0 Å². The van der Waals surface area contributed by atoms with Gasteiger partial charge in [-0.25, -0.2) is 0 Å². The van der Waals surface area contributed by atoms with E-state index in [1.54, 1.807) is 24.4 Å². The van der Waals surface area contributed by atoms with Gasteiger partial charge in [0.1, 0.15) is 11.1 Å². The van der Waals surface area contributed by atoms with Gasteiger partial charge in [-0.15, -0.1) is 0 Å². The number of nitrogens with zero attached hydrogens (tertiary/aromatic N) is 3. The molecule has 8 heteroatoms. The third-order valence-corrected chi connectivity index (χ3v) is 6.28. The van der Waals surface area contributed by atoms with Crippen LogP contribution in [0.1, 0.15) is 79.6 Å². The quantitative estimate of drug-likeness (QED) is 0.725. The third-order valence-electron chi connectivity index (χ3n) is 6.28. The minimum absolute atomic E-state index is 0.0510. The van der Waals surface area contributed by atoms with Crippen LogP contribution in [0.3, 0.4) is 0 Å². The van der Waals surface area contributed by atoms with Crippen LogP contribution in [0.15, 0.2) is 17.2 Å². The molecule has 8 nitrogen and oxygen atoms in total. The monoisotopic (exact) mass is 446 g/mol. The number of hydrogen-bond donors (Lipinski definition) is 1. The summed E-state index contributed by atoms with van der Waals surface area (Å²) < 4.78 is 7.09. The Balaban J connectivity index is 1.88. The SMILES string of the molecule is COCCN1CCN(C(=O)c2cn(C3CCCCC3)cc(C(=O)NC(C)(C)C)c2=O)CC1. The number of pyridine rings is 1. The van der Waals surface area contributed by atoms with Crippen molar-refractivity contribution >= 4 is 11.8 Å². The van der Waals surface area contributed by atoms with Gasteiger partial charge in [0.25, 0.3) is 11.8 Å². The van der Waals surface area contributed by atoms with Crippen molar-refractivity contribution < 1.29 is 14.3 Å². The summed E-state index contributed by atoms with van der Waals surface area (Å²) >= 11 is 0. The molecule has 2 fully saturated rings. The van der Waals surface area contributed by atoms with Gasteiger partial charge < -0.3 is 19.5 Å². The Labute approximate surface area is 190 Å². The first-order valence-electron chi connectivity index (χ1n) is 11.8. The number of rotatable bonds is 6. The number of hydrogen-bond acceptors (Lipinski definition) is 5. The van der Waals surface area contributed by atoms with Crippen LogP contribution in [0, 0.1) is 0 Å². The van der Waals surface area contributed by atoms with Crippen LogP contribution < -0.4 is 10.7 Å². The molecule has 1 N–H and O–H groups in total. The summed E-state index contributed by atoms with van der Waals surface area (Å²) in [4.78, 5) is 43.6. The fraction of sp³-hybridized carbons (Fsp3) is 0.708. The molecule has 0 bridgehead atoms. The van der Waals surface area contributed by atoms with E-state index in [2.05, 4.69) is 10.2 Å². The van der Waals surface area contributed by atoms with Gasteiger partial charge in [-0.2, -0.15) is 0 Å². The van der Waals surface area contributed by atoms with Gasteiger partial charge in [-0.05, 0) is 33.6 Å². The summed E-state index contributed by atoms with van der Waals surface area (Å²) in [5.41, 5.74) is -0.805. The first kappa shape index (κ1) is 24.5. The molecular formula is C24H38N4O4. The Morgan fingerprint density at radius 1 is 1.03 bits per heavy atom. The number of amides is 2. The predicted molar refractivity (Wildman–Crippen MR) is 124 cm³/mol. The number of aromatic nitrogens is 1. The van der Waals surface area contributed by atoms with Crippen molar-refractivity contribution in [1.29, 1.82) is 0 Å². The summed E-state index contributed by atoms with van der Waals surface area (Å²) in [7, 11) is 1.68. The maximum atomic E-state index is 13.4. The second kappa shape index (κ2) is 10.6. The fourth-order valence-electron chi connectivity index (χ4n) is 4.48. The molecule has 1 saturated heterocycles. The van der Waals surface area contributed by atoms with Crippen LogP contribution in [0.2, 0.25) is 0 Å². The van der Waals surface area contributed by atoms with Gasteiger partial charge in [0.2, 0.25) is 5.43 Å². The van der Waals surface area contributed by atoms with E-state index >= 15 is 0 Å². The predicted octanol–water partition coefficient (Wildman–Crippen LogP) is 2.29. The summed E-state index contributed by atoms with van der Waals surface area (Å²) in [5.74, 6) is -0.706. The molecule has 32 heavy (non-hydrogen) atoms. The van der Waals surface area contributed by atoms with Crippen molar-refractivity contribution in [1.82, 2.24) is 19.7 Å². The lowest BCUT2D eigenvalue weighted by atomic mass is 9.95. The van der Waals surface area contributed by atoms with E-state index in [9.17, 15) is 14.4 Å². The first-order chi connectivity index (χ1) is 15.2. The van der Waals surface area contributed by atoms with E-state index in [4.69, 9.17) is 4.74 Å². The Kier molecular flexibility index (Phi) is 8.11. The average Bonchev–Trinajstić information content (AvgIpc) is 2.77. The maximum Gasteiger partial charge on any atom is 0.259 e. The van der Waals surface area contributed by atoms with Crippen LogP contribution in [0.4, 0.5) is 0 Å². The Morgan fingerprint density at radius 3 is 2.25 bits per heavy atom. The minimum Gasteiger partial charge on any atom is -0.383 e. The summed E-state index contributed by atoms with van der Waals surface area (Å²) in [5, 5.41) is 2.88. The van der Waals surface area contributed by atoms with Crippen molar-refractivity contribution in [2.75, 3.05) is 46.4 Å². The van der Waals surface area contributed by atoms with Gasteiger partial charge in [-0.3, -0.25) is 19.3 Å². The molecule has 0 atom stereocenters. The highest BCUT2D eigenvalue weighted by Crippen LogP contribution is 2.28. The van der Waals surface area contributed by atoms with Crippen LogP contribution in [-0.2, 0) is 4.74 Å². The minimum atomic E-state index is -0.481. The summed E-state index contributed by atoms with van der Waals surface area (Å²) in [6.45, 7) is 9.73. The van der Waals surface area contributed by atoms with Gasteiger partial charge in [-0.1, -0.05) is 19.3 Å². The van der Waals surface area contributed by atoms with E-state index < -0.39 is 16.9 Å². The normalized spacial score (nSPS) is 18.6. The molecule has 2 heterocycles. The lowest BCUT2D eigenvalue weighted by Crippen LogP contribution is -2.50. The molecule has 1 aromatic rings. The second-order valence-corrected chi connectivity index (χ2v) is 9.98. The topological polar surface area (TPSA) is 83.9 Å². The molecule has 1 aromatic heterocycles. The van der Waals surface area contributed by atoms with Crippen molar-refractivity contribution in [2.24, 2.45) is 0 Å². The maximum absolute atomic E-state index is 13.4. The van der Waals surface area contributed by atoms with Crippen LogP contribution >= 0.6 is 0 Å². The third kappa shape index (κ3) is 6.19. The van der Waals surface area contributed by atoms with E-state index in [0.29, 0.717) is 19.7 Å². The van der Waals surface area contributed by atoms with Crippen molar-refractivity contribution in [2.45, 2.75) is 64.5 Å². The molecule has 1 saturated carbocycles. The highest BCUT2D eigenvalue weighted by atomic mass is 16.5. The number of methoxy groups -OCH3 is 1. The van der Waals surface area contributed by atoms with Crippen LogP contribution in [0.25, 0.3) is 0 Å². The molecule has 2 amide bonds. The zero-order valence-electron chi connectivity index (χ0n) is 20.0.